The highest BCUT2D eigenvalue weighted by Gasteiger charge is 2.39. The maximum Gasteiger partial charge on any atom is 0.255 e. The predicted octanol–water partition coefficient (Wildman–Crippen LogP) is 2.18. The van der Waals surface area contributed by atoms with Crippen LogP contribution in [0.2, 0.25) is 0 Å². The number of aromatic nitrogens is 4. The fraction of sp³-hybridized carbons (Fsp3) is 0.174. The highest BCUT2D eigenvalue weighted by atomic mass is 16.2. The second kappa shape index (κ2) is 6.88. The number of piperidine rings is 1. The average molecular weight is 426 g/mol. The fourth-order valence-electron chi connectivity index (χ4n) is 4.42. The van der Waals surface area contributed by atoms with Gasteiger partial charge in [-0.25, -0.2) is 4.68 Å². The molecule has 158 valence electrons. The van der Waals surface area contributed by atoms with Gasteiger partial charge in [0.15, 0.2) is 0 Å². The minimum atomic E-state index is -0.627. The van der Waals surface area contributed by atoms with Gasteiger partial charge in [-0.05, 0) is 42.3 Å². The summed E-state index contributed by atoms with van der Waals surface area (Å²) in [6.45, 7) is 0.347. The van der Waals surface area contributed by atoms with Crippen molar-refractivity contribution in [3.05, 3.63) is 66.0 Å². The Morgan fingerprint density at radius 1 is 1.03 bits per heavy atom. The first-order valence-electron chi connectivity index (χ1n) is 10.3. The monoisotopic (exact) mass is 426 g/mol. The number of aromatic amines is 1. The Morgan fingerprint density at radius 3 is 2.81 bits per heavy atom. The molecule has 9 nitrogen and oxygen atoms in total. The number of nitrogens with zero attached hydrogens (tertiary/aromatic N) is 4. The quantitative estimate of drug-likeness (QED) is 0.488. The number of fused-ring (bicyclic) bond motifs is 2. The lowest BCUT2D eigenvalue weighted by Crippen LogP contribution is -2.52. The first-order chi connectivity index (χ1) is 15.6. The number of carbonyl (C=O) groups excluding carboxylic acids is 3. The Kier molecular flexibility index (Phi) is 3.97. The van der Waals surface area contributed by atoms with Crippen LogP contribution in [0.4, 0.5) is 0 Å². The third-order valence-corrected chi connectivity index (χ3v) is 6.12. The molecule has 1 atom stereocenters. The van der Waals surface area contributed by atoms with Gasteiger partial charge in [0.25, 0.3) is 5.91 Å². The minimum Gasteiger partial charge on any atom is -0.361 e. The van der Waals surface area contributed by atoms with Crippen LogP contribution in [0.15, 0.2) is 54.9 Å². The van der Waals surface area contributed by atoms with Crippen molar-refractivity contribution >= 4 is 28.6 Å². The van der Waals surface area contributed by atoms with Crippen molar-refractivity contribution in [2.24, 2.45) is 0 Å². The fourth-order valence-corrected chi connectivity index (χ4v) is 4.42. The number of hydrogen-bond acceptors (Lipinski definition) is 5. The molecule has 4 aromatic rings. The van der Waals surface area contributed by atoms with Crippen molar-refractivity contribution in [3.8, 4) is 16.9 Å². The maximum atomic E-state index is 13.0. The Bertz CT molecular complexity index is 1420. The van der Waals surface area contributed by atoms with Crippen LogP contribution in [-0.2, 0) is 16.1 Å². The van der Waals surface area contributed by atoms with Crippen LogP contribution in [0, 0.1) is 0 Å². The van der Waals surface area contributed by atoms with E-state index in [0.717, 1.165) is 27.7 Å². The molecule has 2 aromatic carbocycles. The van der Waals surface area contributed by atoms with Gasteiger partial charge in [0.2, 0.25) is 11.8 Å². The molecule has 4 heterocycles. The van der Waals surface area contributed by atoms with Crippen LogP contribution < -0.4 is 5.32 Å². The lowest BCUT2D eigenvalue weighted by Gasteiger charge is -2.29. The zero-order chi connectivity index (χ0) is 21.8. The summed E-state index contributed by atoms with van der Waals surface area (Å²) in [6.07, 6.45) is 4.30. The smallest absolute Gasteiger partial charge is 0.255 e. The molecule has 0 spiro atoms. The van der Waals surface area contributed by atoms with E-state index in [2.05, 4.69) is 20.6 Å². The first-order valence-corrected chi connectivity index (χ1v) is 10.3. The average Bonchev–Trinajstić information content (AvgIpc) is 3.52. The van der Waals surface area contributed by atoms with Gasteiger partial charge in [0, 0.05) is 41.2 Å². The van der Waals surface area contributed by atoms with Crippen LogP contribution in [0.5, 0.6) is 0 Å². The van der Waals surface area contributed by atoms with Crippen LogP contribution >= 0.6 is 0 Å². The van der Waals surface area contributed by atoms with E-state index in [1.54, 1.807) is 10.7 Å². The van der Waals surface area contributed by atoms with E-state index in [0.29, 0.717) is 24.2 Å². The molecule has 0 saturated carbocycles. The van der Waals surface area contributed by atoms with Crippen molar-refractivity contribution < 1.29 is 14.4 Å². The summed E-state index contributed by atoms with van der Waals surface area (Å²) in [5.41, 5.74) is 4.83. The number of rotatable bonds is 3. The number of H-pyrrole nitrogens is 1. The molecule has 3 amide bonds. The third-order valence-electron chi connectivity index (χ3n) is 6.12. The van der Waals surface area contributed by atoms with E-state index in [-0.39, 0.29) is 18.2 Å². The Balaban J connectivity index is 1.28. The number of nitrogens with one attached hydrogen (secondary N) is 2. The van der Waals surface area contributed by atoms with E-state index >= 15 is 0 Å². The van der Waals surface area contributed by atoms with Crippen molar-refractivity contribution in [3.63, 3.8) is 0 Å². The van der Waals surface area contributed by atoms with Crippen molar-refractivity contribution in [2.45, 2.75) is 25.4 Å². The molecule has 0 bridgehead atoms. The lowest BCUT2D eigenvalue weighted by atomic mass is 10.0. The van der Waals surface area contributed by atoms with Crippen LogP contribution in [-0.4, -0.2) is 48.6 Å². The zero-order valence-corrected chi connectivity index (χ0v) is 16.9. The van der Waals surface area contributed by atoms with E-state index in [4.69, 9.17) is 0 Å². The standard InChI is InChI=1S/C23H18N6O3/c30-21-6-5-20(22(31)25-21)28-11-15-1-3-16(10-17(15)23(28)32)29-12-19(26-27-29)13-2-4-18-14(9-13)7-8-24-18/h1-4,7-10,12,20,24H,5-6,11H2,(H,25,30,31). The van der Waals surface area contributed by atoms with E-state index in [9.17, 15) is 14.4 Å². The van der Waals surface area contributed by atoms with Crippen LogP contribution in [0.3, 0.4) is 0 Å². The predicted molar refractivity (Wildman–Crippen MR) is 115 cm³/mol. The molecule has 2 aliphatic rings. The second-order valence-corrected chi connectivity index (χ2v) is 8.07. The number of imide groups is 1. The molecule has 2 aliphatic heterocycles. The molecule has 1 unspecified atom stereocenters. The van der Waals surface area contributed by atoms with Crippen molar-refractivity contribution in [1.82, 2.24) is 30.2 Å². The highest BCUT2D eigenvalue weighted by Crippen LogP contribution is 2.29. The summed E-state index contributed by atoms with van der Waals surface area (Å²) in [5, 5.41) is 12.0. The first kappa shape index (κ1) is 18.5. The summed E-state index contributed by atoms with van der Waals surface area (Å²) in [4.78, 5) is 41.4. The topological polar surface area (TPSA) is 113 Å². The minimum absolute atomic E-state index is 0.213. The summed E-state index contributed by atoms with van der Waals surface area (Å²) in [7, 11) is 0. The van der Waals surface area contributed by atoms with E-state index in [1.165, 1.54) is 4.90 Å². The molecule has 2 aromatic heterocycles. The Morgan fingerprint density at radius 2 is 1.94 bits per heavy atom. The summed E-state index contributed by atoms with van der Waals surface area (Å²) >= 11 is 0. The van der Waals surface area contributed by atoms with E-state index in [1.807, 2.05) is 48.8 Å². The van der Waals surface area contributed by atoms with Gasteiger partial charge in [-0.2, -0.15) is 0 Å². The van der Waals surface area contributed by atoms with Gasteiger partial charge < -0.3 is 9.88 Å². The summed E-state index contributed by atoms with van der Waals surface area (Å²) in [6, 6.07) is 12.9. The third kappa shape index (κ3) is 2.89. The van der Waals surface area contributed by atoms with Gasteiger partial charge in [-0.1, -0.05) is 17.3 Å². The van der Waals surface area contributed by atoms with Crippen molar-refractivity contribution in [2.75, 3.05) is 0 Å². The number of benzene rings is 2. The van der Waals surface area contributed by atoms with Crippen LogP contribution in [0.25, 0.3) is 27.8 Å². The van der Waals surface area contributed by atoms with Gasteiger partial charge in [0.05, 0.1) is 11.9 Å². The maximum absolute atomic E-state index is 13.0. The SMILES string of the molecule is O=C1CCC(N2Cc3ccc(-n4cc(-c5ccc6[nH]ccc6c5)nn4)cc3C2=O)C(=O)N1. The number of amides is 3. The molecule has 6 rings (SSSR count). The summed E-state index contributed by atoms with van der Waals surface area (Å²) < 4.78 is 1.64. The number of hydrogen-bond donors (Lipinski definition) is 2. The molecular weight excluding hydrogens is 408 g/mol. The molecular formula is C23H18N6O3. The van der Waals surface area contributed by atoms with E-state index < -0.39 is 11.9 Å². The molecule has 32 heavy (non-hydrogen) atoms. The molecule has 0 aliphatic carbocycles. The zero-order valence-electron chi connectivity index (χ0n) is 16.9. The molecule has 2 N–H and O–H groups in total. The highest BCUT2D eigenvalue weighted by molar-refractivity contribution is 6.05. The summed E-state index contributed by atoms with van der Waals surface area (Å²) in [5.74, 6) is -0.923. The van der Waals surface area contributed by atoms with Gasteiger partial charge in [-0.3, -0.25) is 19.7 Å². The molecule has 1 fully saturated rings. The van der Waals surface area contributed by atoms with Gasteiger partial charge in [-0.15, -0.1) is 5.10 Å². The second-order valence-electron chi connectivity index (χ2n) is 8.07. The Hall–Kier alpha value is -4.27. The number of carbonyl (C=O) groups is 3. The molecule has 9 heteroatoms. The van der Waals surface area contributed by atoms with Gasteiger partial charge >= 0.3 is 0 Å². The Labute approximate surface area is 182 Å². The van der Waals surface area contributed by atoms with Crippen molar-refractivity contribution in [1.29, 1.82) is 0 Å². The van der Waals surface area contributed by atoms with Gasteiger partial charge in [0.1, 0.15) is 11.7 Å². The molecule has 0 radical (unpaired) electrons. The normalized spacial score (nSPS) is 18.3. The lowest BCUT2D eigenvalue weighted by molar-refractivity contribution is -0.136. The van der Waals surface area contributed by atoms with Crippen LogP contribution in [0.1, 0.15) is 28.8 Å². The largest absolute Gasteiger partial charge is 0.361 e. The molecule has 1 saturated heterocycles.